The lowest BCUT2D eigenvalue weighted by Gasteiger charge is -2.13. The third kappa shape index (κ3) is 4.97. The van der Waals surface area contributed by atoms with Gasteiger partial charge in [0.2, 0.25) is 0 Å². The molecule has 24 heavy (non-hydrogen) atoms. The number of carbonyl (C=O) groups is 1. The number of hydrogen-bond acceptors (Lipinski definition) is 1. The van der Waals surface area contributed by atoms with Crippen molar-refractivity contribution in [3.8, 4) is 0 Å². The van der Waals surface area contributed by atoms with Crippen LogP contribution >= 0.6 is 11.6 Å². The summed E-state index contributed by atoms with van der Waals surface area (Å²) in [7, 11) is 0. The Labute approximate surface area is 142 Å². The lowest BCUT2D eigenvalue weighted by Crippen LogP contribution is -2.86. The number of benzene rings is 2. The van der Waals surface area contributed by atoms with E-state index in [9.17, 15) is 18.0 Å². The minimum atomic E-state index is -4.39. The Balaban J connectivity index is 1.88. The summed E-state index contributed by atoms with van der Waals surface area (Å²) >= 11 is 6.10. The third-order valence-corrected chi connectivity index (χ3v) is 3.89. The van der Waals surface area contributed by atoms with Gasteiger partial charge in [-0.3, -0.25) is 4.79 Å². The van der Waals surface area contributed by atoms with Crippen LogP contribution in [0.2, 0.25) is 5.02 Å². The molecule has 0 heterocycles. The molecule has 0 radical (unpaired) electrons. The topological polar surface area (TPSA) is 45.7 Å². The molecule has 0 saturated heterocycles. The number of amides is 1. The molecule has 7 heteroatoms. The van der Waals surface area contributed by atoms with Crippen molar-refractivity contribution in [1.82, 2.24) is 0 Å². The molecule has 0 bridgehead atoms. The number of nitrogens with two attached hydrogens (primary N) is 1. The van der Waals surface area contributed by atoms with Crippen LogP contribution in [0.1, 0.15) is 24.1 Å². The van der Waals surface area contributed by atoms with Crippen LogP contribution in [0, 0.1) is 0 Å². The summed E-state index contributed by atoms with van der Waals surface area (Å²) in [4.78, 5) is 11.9. The number of alkyl halides is 3. The molecule has 2 rings (SSSR count). The molecule has 128 valence electrons. The number of carbonyl (C=O) groups excluding carboxylic acids is 1. The minimum Gasteiger partial charge on any atom is -0.332 e. The molecule has 1 amide bonds. The molecule has 0 aliphatic rings. The van der Waals surface area contributed by atoms with Crippen molar-refractivity contribution in [3.05, 3.63) is 64.7 Å². The van der Waals surface area contributed by atoms with Crippen LogP contribution in [-0.2, 0) is 11.0 Å². The quantitative estimate of drug-likeness (QED) is 0.843. The van der Waals surface area contributed by atoms with Crippen molar-refractivity contribution < 1.29 is 23.3 Å². The Morgan fingerprint density at radius 2 is 1.79 bits per heavy atom. The highest BCUT2D eigenvalue weighted by Gasteiger charge is 2.30. The maximum Gasteiger partial charge on any atom is 0.416 e. The Morgan fingerprint density at radius 3 is 2.38 bits per heavy atom. The summed E-state index contributed by atoms with van der Waals surface area (Å²) in [5, 5.41) is 5.01. The zero-order chi connectivity index (χ0) is 17.7. The van der Waals surface area contributed by atoms with Gasteiger partial charge in [-0.05, 0) is 37.3 Å². The third-order valence-electron chi connectivity index (χ3n) is 3.55. The van der Waals surface area contributed by atoms with E-state index in [-0.39, 0.29) is 18.5 Å². The van der Waals surface area contributed by atoms with Crippen LogP contribution in [-0.4, -0.2) is 12.5 Å². The molecule has 3 nitrogen and oxygen atoms in total. The van der Waals surface area contributed by atoms with E-state index in [2.05, 4.69) is 5.32 Å². The number of quaternary nitrogens is 1. The first-order valence-electron chi connectivity index (χ1n) is 7.32. The summed E-state index contributed by atoms with van der Waals surface area (Å²) in [6.45, 7) is 2.06. The largest absolute Gasteiger partial charge is 0.416 e. The highest BCUT2D eigenvalue weighted by molar-refractivity contribution is 6.31. The summed E-state index contributed by atoms with van der Waals surface area (Å²) in [6, 6.07) is 11.7. The second kappa shape index (κ2) is 7.68. The smallest absolute Gasteiger partial charge is 0.332 e. The van der Waals surface area contributed by atoms with Crippen LogP contribution < -0.4 is 10.6 Å². The van der Waals surface area contributed by atoms with Crippen LogP contribution in [0.5, 0.6) is 0 Å². The minimum absolute atomic E-state index is 0.0166. The van der Waals surface area contributed by atoms with Gasteiger partial charge in [-0.2, -0.15) is 13.2 Å². The highest BCUT2D eigenvalue weighted by atomic mass is 35.5. The lowest BCUT2D eigenvalue weighted by atomic mass is 10.1. The molecule has 0 fully saturated rings. The summed E-state index contributed by atoms with van der Waals surface area (Å²) in [6.07, 6.45) is -4.39. The van der Waals surface area contributed by atoms with E-state index in [0.29, 0.717) is 10.7 Å². The number of halogens is 4. The molecule has 0 unspecified atom stereocenters. The molecule has 3 N–H and O–H groups in total. The molecule has 0 saturated carbocycles. The van der Waals surface area contributed by atoms with Gasteiger partial charge >= 0.3 is 6.18 Å². The van der Waals surface area contributed by atoms with Gasteiger partial charge < -0.3 is 10.6 Å². The molecule has 0 aromatic heterocycles. The fourth-order valence-corrected chi connectivity index (χ4v) is 2.52. The number of anilines is 1. The van der Waals surface area contributed by atoms with Gasteiger partial charge in [0, 0.05) is 16.3 Å². The van der Waals surface area contributed by atoms with E-state index in [0.717, 1.165) is 17.7 Å². The van der Waals surface area contributed by atoms with Crippen molar-refractivity contribution in [2.75, 3.05) is 11.9 Å². The van der Waals surface area contributed by atoms with Gasteiger partial charge in [-0.15, -0.1) is 0 Å². The molecule has 0 spiro atoms. The van der Waals surface area contributed by atoms with Gasteiger partial charge in [0.25, 0.3) is 5.91 Å². The zero-order valence-corrected chi connectivity index (χ0v) is 13.7. The molecule has 2 aromatic carbocycles. The number of nitrogens with one attached hydrogen (secondary N) is 1. The first-order valence-corrected chi connectivity index (χ1v) is 7.70. The molecule has 1 atom stereocenters. The highest BCUT2D eigenvalue weighted by Crippen LogP contribution is 2.29. The molecule has 2 aromatic rings. The van der Waals surface area contributed by atoms with E-state index in [1.165, 1.54) is 12.1 Å². The second-order valence-electron chi connectivity index (χ2n) is 5.37. The van der Waals surface area contributed by atoms with E-state index < -0.39 is 11.7 Å². The second-order valence-corrected chi connectivity index (χ2v) is 5.78. The van der Waals surface area contributed by atoms with Crippen molar-refractivity contribution >= 4 is 23.2 Å². The maximum atomic E-state index is 12.5. The fraction of sp³-hybridized carbons (Fsp3) is 0.235. The van der Waals surface area contributed by atoms with Gasteiger partial charge in [0.05, 0.1) is 5.56 Å². The number of hydrogen-bond donors (Lipinski definition) is 2. The van der Waals surface area contributed by atoms with Gasteiger partial charge in [0.1, 0.15) is 6.04 Å². The summed E-state index contributed by atoms with van der Waals surface area (Å²) < 4.78 is 37.4. The summed E-state index contributed by atoms with van der Waals surface area (Å²) in [5.41, 5.74) is 0.493. The molecule has 0 aliphatic heterocycles. The van der Waals surface area contributed by atoms with Gasteiger partial charge in [-0.25, -0.2) is 0 Å². The van der Waals surface area contributed by atoms with Gasteiger partial charge in [-0.1, -0.05) is 29.8 Å². The van der Waals surface area contributed by atoms with Crippen molar-refractivity contribution in [2.24, 2.45) is 0 Å². The standard InChI is InChI=1S/C17H16ClF3N2O/c1-11(14-4-2-3-5-15(14)18)22-10-16(24)23-13-8-6-12(7-9-13)17(19,20)21/h2-9,11,22H,10H2,1H3,(H,23,24)/p+1/t11-/m0/s1. The average Bonchev–Trinajstić information content (AvgIpc) is 2.53. The fourth-order valence-electron chi connectivity index (χ4n) is 2.21. The molecular formula is C17H17ClF3N2O+. The average molecular weight is 358 g/mol. The van der Waals surface area contributed by atoms with Crippen LogP contribution in [0.25, 0.3) is 0 Å². The Kier molecular flexibility index (Phi) is 5.85. The van der Waals surface area contributed by atoms with E-state index in [1.807, 2.05) is 25.1 Å². The predicted octanol–water partition coefficient (Wildman–Crippen LogP) is 3.62. The van der Waals surface area contributed by atoms with Crippen LogP contribution in [0.4, 0.5) is 18.9 Å². The number of rotatable bonds is 5. The van der Waals surface area contributed by atoms with Crippen LogP contribution in [0.3, 0.4) is 0 Å². The summed E-state index contributed by atoms with van der Waals surface area (Å²) in [5.74, 6) is -0.298. The van der Waals surface area contributed by atoms with Crippen molar-refractivity contribution in [1.29, 1.82) is 0 Å². The van der Waals surface area contributed by atoms with E-state index in [1.54, 1.807) is 11.4 Å². The SMILES string of the molecule is C[C@H]([NH2+]CC(=O)Nc1ccc(C(F)(F)F)cc1)c1ccccc1Cl. The Hall–Kier alpha value is -2.05. The van der Waals surface area contributed by atoms with Crippen molar-refractivity contribution in [2.45, 2.75) is 19.1 Å². The molecule has 0 aliphatic carbocycles. The Morgan fingerprint density at radius 1 is 1.17 bits per heavy atom. The Bertz CT molecular complexity index is 702. The predicted molar refractivity (Wildman–Crippen MR) is 86.7 cm³/mol. The first-order chi connectivity index (χ1) is 11.3. The molecular weight excluding hydrogens is 341 g/mol. The van der Waals surface area contributed by atoms with E-state index in [4.69, 9.17) is 11.6 Å². The normalized spacial score (nSPS) is 12.7. The van der Waals surface area contributed by atoms with E-state index >= 15 is 0 Å². The first kappa shape index (κ1) is 18.3. The van der Waals surface area contributed by atoms with Crippen LogP contribution in [0.15, 0.2) is 48.5 Å². The van der Waals surface area contributed by atoms with Crippen molar-refractivity contribution in [3.63, 3.8) is 0 Å². The monoisotopic (exact) mass is 357 g/mol. The van der Waals surface area contributed by atoms with Gasteiger partial charge in [0.15, 0.2) is 6.54 Å². The zero-order valence-electron chi connectivity index (χ0n) is 12.9. The lowest BCUT2D eigenvalue weighted by molar-refractivity contribution is -0.682. The maximum absolute atomic E-state index is 12.5.